The molecule has 3 aromatic rings. The average Bonchev–Trinajstić information content (AvgIpc) is 3.29. The van der Waals surface area contributed by atoms with Crippen molar-refractivity contribution in [2.45, 2.75) is 39.8 Å². The molecule has 158 valence electrons. The Morgan fingerprint density at radius 3 is 2.67 bits per heavy atom. The molecule has 4 rings (SSSR count). The zero-order chi connectivity index (χ0) is 21.4. The first-order valence-electron chi connectivity index (χ1n) is 9.80. The molecule has 1 aliphatic rings. The van der Waals surface area contributed by atoms with Gasteiger partial charge in [-0.05, 0) is 63.5 Å². The summed E-state index contributed by atoms with van der Waals surface area (Å²) >= 11 is 13.6. The van der Waals surface area contributed by atoms with E-state index in [1.807, 2.05) is 13.8 Å². The van der Waals surface area contributed by atoms with Gasteiger partial charge in [0.1, 0.15) is 17.2 Å². The number of anilines is 1. The summed E-state index contributed by atoms with van der Waals surface area (Å²) in [6, 6.07) is 4.86. The van der Waals surface area contributed by atoms with Gasteiger partial charge in [0.15, 0.2) is 0 Å². The molecule has 0 saturated carbocycles. The number of rotatable bonds is 5. The molecule has 9 heteroatoms. The molecule has 1 N–H and O–H groups in total. The van der Waals surface area contributed by atoms with Gasteiger partial charge >= 0.3 is 0 Å². The van der Waals surface area contributed by atoms with E-state index in [2.05, 4.69) is 10.2 Å². The number of halogens is 2. The minimum atomic E-state index is -0.338. The van der Waals surface area contributed by atoms with Crippen molar-refractivity contribution in [1.82, 2.24) is 14.5 Å². The molecular formula is C21H22Cl2N4O2S. The van der Waals surface area contributed by atoms with Gasteiger partial charge in [-0.3, -0.25) is 19.1 Å². The summed E-state index contributed by atoms with van der Waals surface area (Å²) in [5.74, 6) is 0.280. The van der Waals surface area contributed by atoms with Crippen LogP contribution in [0.25, 0.3) is 10.2 Å². The number of aryl methyl sites for hydroxylation is 2. The van der Waals surface area contributed by atoms with Gasteiger partial charge in [0.2, 0.25) is 5.91 Å². The first kappa shape index (κ1) is 21.3. The van der Waals surface area contributed by atoms with Crippen LogP contribution in [0.5, 0.6) is 0 Å². The van der Waals surface area contributed by atoms with Gasteiger partial charge in [-0.25, -0.2) is 4.98 Å². The molecule has 2 aromatic heterocycles. The molecule has 0 aliphatic carbocycles. The summed E-state index contributed by atoms with van der Waals surface area (Å²) in [5.41, 5.74) is 1.21. The number of likely N-dealkylation sites (tertiary alicyclic amines) is 1. The Hall–Kier alpha value is -1.93. The van der Waals surface area contributed by atoms with Crippen LogP contribution in [0.4, 0.5) is 5.69 Å². The van der Waals surface area contributed by atoms with Crippen LogP contribution in [0.3, 0.4) is 0 Å². The quantitative estimate of drug-likeness (QED) is 0.598. The van der Waals surface area contributed by atoms with Crippen molar-refractivity contribution in [3.63, 3.8) is 0 Å². The second-order valence-corrected chi connectivity index (χ2v) is 9.59. The minimum absolute atomic E-state index is 0.127. The molecule has 0 spiro atoms. The molecule has 0 atom stereocenters. The fourth-order valence-corrected chi connectivity index (χ4v) is 5.21. The van der Waals surface area contributed by atoms with E-state index in [9.17, 15) is 9.59 Å². The van der Waals surface area contributed by atoms with Crippen LogP contribution >= 0.6 is 34.5 Å². The minimum Gasteiger partial charge on any atom is -0.323 e. The lowest BCUT2D eigenvalue weighted by Crippen LogP contribution is -2.33. The van der Waals surface area contributed by atoms with Crippen LogP contribution in [0.1, 0.15) is 29.1 Å². The fraction of sp³-hybridized carbons (Fsp3) is 0.381. The van der Waals surface area contributed by atoms with E-state index in [1.54, 1.807) is 18.2 Å². The van der Waals surface area contributed by atoms with Gasteiger partial charge in [-0.1, -0.05) is 23.2 Å². The Kier molecular flexibility index (Phi) is 6.16. The number of hydrogen-bond acceptors (Lipinski definition) is 5. The predicted octanol–water partition coefficient (Wildman–Crippen LogP) is 4.62. The largest absolute Gasteiger partial charge is 0.323 e. The highest BCUT2D eigenvalue weighted by Gasteiger charge is 2.21. The molecule has 1 fully saturated rings. The molecule has 1 aliphatic heterocycles. The Morgan fingerprint density at radius 2 is 1.97 bits per heavy atom. The molecule has 6 nitrogen and oxygen atoms in total. The van der Waals surface area contributed by atoms with Gasteiger partial charge in [0.25, 0.3) is 5.56 Å². The Labute approximate surface area is 188 Å². The van der Waals surface area contributed by atoms with Gasteiger partial charge in [-0.2, -0.15) is 0 Å². The molecular weight excluding hydrogens is 443 g/mol. The lowest BCUT2D eigenvalue weighted by molar-refractivity contribution is -0.116. The van der Waals surface area contributed by atoms with Crippen LogP contribution in [-0.4, -0.2) is 33.4 Å². The van der Waals surface area contributed by atoms with Gasteiger partial charge < -0.3 is 5.32 Å². The maximum absolute atomic E-state index is 13.3. The highest BCUT2D eigenvalue weighted by Crippen LogP contribution is 2.27. The van der Waals surface area contributed by atoms with E-state index in [0.29, 0.717) is 33.5 Å². The summed E-state index contributed by atoms with van der Waals surface area (Å²) in [6.07, 6.45) is 2.28. The van der Waals surface area contributed by atoms with Crippen LogP contribution < -0.4 is 10.9 Å². The highest BCUT2D eigenvalue weighted by atomic mass is 35.5. The summed E-state index contributed by atoms with van der Waals surface area (Å²) in [4.78, 5) is 35.0. The zero-order valence-electron chi connectivity index (χ0n) is 16.8. The van der Waals surface area contributed by atoms with Gasteiger partial charge in [0.05, 0.1) is 22.6 Å². The first-order chi connectivity index (χ1) is 14.3. The number of carbonyl (C=O) groups excluding carboxylic acids is 1. The Balaban J connectivity index is 1.69. The number of amides is 1. The molecule has 3 heterocycles. The van der Waals surface area contributed by atoms with Crippen molar-refractivity contribution in [1.29, 1.82) is 0 Å². The van der Waals surface area contributed by atoms with Crippen molar-refractivity contribution in [2.75, 3.05) is 18.4 Å². The predicted molar refractivity (Wildman–Crippen MR) is 123 cm³/mol. The molecule has 30 heavy (non-hydrogen) atoms. The topological polar surface area (TPSA) is 67.2 Å². The SMILES string of the molecule is Cc1sc2nc(CN3CCCC3)n(CC(=O)Nc3ccc(Cl)cc3Cl)c(=O)c2c1C. The number of benzene rings is 1. The van der Waals surface area contributed by atoms with E-state index in [4.69, 9.17) is 28.2 Å². The second kappa shape index (κ2) is 8.67. The van der Waals surface area contributed by atoms with E-state index in [-0.39, 0.29) is 18.0 Å². The Morgan fingerprint density at radius 1 is 1.23 bits per heavy atom. The van der Waals surface area contributed by atoms with Crippen molar-refractivity contribution in [2.24, 2.45) is 0 Å². The van der Waals surface area contributed by atoms with Crippen molar-refractivity contribution in [3.05, 3.63) is 54.9 Å². The number of carbonyl (C=O) groups is 1. The number of fused-ring (bicyclic) bond motifs is 1. The fourth-order valence-electron chi connectivity index (χ4n) is 3.72. The van der Waals surface area contributed by atoms with E-state index >= 15 is 0 Å². The molecule has 0 bridgehead atoms. The maximum Gasteiger partial charge on any atom is 0.263 e. The standard InChI is InChI=1S/C21H22Cl2N4O2S/c1-12-13(2)30-20-19(12)21(29)27(17(25-20)10-26-7-3-4-8-26)11-18(28)24-16-6-5-14(22)9-15(16)23/h5-6,9H,3-4,7-8,10-11H2,1-2H3,(H,24,28). The zero-order valence-corrected chi connectivity index (χ0v) is 19.1. The summed E-state index contributed by atoms with van der Waals surface area (Å²) in [6.45, 7) is 6.29. The highest BCUT2D eigenvalue weighted by molar-refractivity contribution is 7.18. The van der Waals surface area contributed by atoms with E-state index < -0.39 is 0 Å². The van der Waals surface area contributed by atoms with E-state index in [1.165, 1.54) is 15.9 Å². The summed E-state index contributed by atoms with van der Waals surface area (Å²) < 4.78 is 1.50. The number of nitrogens with one attached hydrogen (secondary N) is 1. The lowest BCUT2D eigenvalue weighted by atomic mass is 10.2. The number of thiophene rings is 1. The molecule has 0 unspecified atom stereocenters. The molecule has 1 aromatic carbocycles. The van der Waals surface area contributed by atoms with Crippen LogP contribution in [0, 0.1) is 13.8 Å². The van der Waals surface area contributed by atoms with Gasteiger partial charge in [-0.15, -0.1) is 11.3 Å². The third-order valence-corrected chi connectivity index (χ3v) is 7.09. The molecule has 1 amide bonds. The van der Waals surface area contributed by atoms with Crippen LogP contribution in [0.2, 0.25) is 10.0 Å². The summed E-state index contributed by atoms with van der Waals surface area (Å²) in [7, 11) is 0. The maximum atomic E-state index is 13.3. The lowest BCUT2D eigenvalue weighted by Gasteiger charge is -2.18. The van der Waals surface area contributed by atoms with Gasteiger partial charge in [0, 0.05) is 9.90 Å². The third kappa shape index (κ3) is 4.25. The Bertz CT molecular complexity index is 1180. The van der Waals surface area contributed by atoms with Crippen molar-refractivity contribution >= 4 is 56.3 Å². The summed E-state index contributed by atoms with van der Waals surface area (Å²) in [5, 5.41) is 4.20. The molecule has 0 radical (unpaired) electrons. The number of hydrogen-bond donors (Lipinski definition) is 1. The number of aromatic nitrogens is 2. The van der Waals surface area contributed by atoms with Crippen LogP contribution in [0.15, 0.2) is 23.0 Å². The third-order valence-electron chi connectivity index (χ3n) is 5.44. The number of nitrogens with zero attached hydrogens (tertiary/aromatic N) is 3. The average molecular weight is 465 g/mol. The first-order valence-corrected chi connectivity index (χ1v) is 11.4. The van der Waals surface area contributed by atoms with Crippen LogP contribution in [-0.2, 0) is 17.9 Å². The second-order valence-electron chi connectivity index (χ2n) is 7.54. The molecule has 1 saturated heterocycles. The smallest absolute Gasteiger partial charge is 0.263 e. The van der Waals surface area contributed by atoms with E-state index in [0.717, 1.165) is 41.2 Å². The monoisotopic (exact) mass is 464 g/mol. The van der Waals surface area contributed by atoms with Crippen molar-refractivity contribution in [3.8, 4) is 0 Å². The van der Waals surface area contributed by atoms with Crippen molar-refractivity contribution < 1.29 is 4.79 Å². The normalized spacial score (nSPS) is 14.5.